The third-order valence-corrected chi connectivity index (χ3v) is 3.51. The summed E-state index contributed by atoms with van der Waals surface area (Å²) in [5.41, 5.74) is 7.80. The van der Waals surface area contributed by atoms with Gasteiger partial charge in [-0.05, 0) is 30.7 Å². The first-order chi connectivity index (χ1) is 10.4. The number of rotatable bonds is 6. The van der Waals surface area contributed by atoms with Crippen LogP contribution in [0.4, 0.5) is 5.82 Å². The van der Waals surface area contributed by atoms with Crippen molar-refractivity contribution >= 4 is 16.8 Å². The molecule has 0 unspecified atom stereocenters. The van der Waals surface area contributed by atoms with Gasteiger partial charge in [0.15, 0.2) is 0 Å². The third kappa shape index (κ3) is 3.06. The maximum Gasteiger partial charge on any atom is 0.139 e. The maximum absolute atomic E-state index is 5.68. The maximum atomic E-state index is 5.68. The summed E-state index contributed by atoms with van der Waals surface area (Å²) >= 11 is 0. The van der Waals surface area contributed by atoms with Gasteiger partial charge in [0.05, 0.1) is 11.6 Å². The summed E-state index contributed by atoms with van der Waals surface area (Å²) in [6.45, 7) is 2.37. The lowest BCUT2D eigenvalue weighted by Crippen LogP contribution is -2.26. The van der Waals surface area contributed by atoms with Crippen LogP contribution in [0.25, 0.3) is 11.0 Å². The van der Waals surface area contributed by atoms with Crippen LogP contribution < -0.4 is 10.6 Å². The zero-order valence-electron chi connectivity index (χ0n) is 11.9. The van der Waals surface area contributed by atoms with Crippen LogP contribution in [0.2, 0.25) is 0 Å². The van der Waals surface area contributed by atoms with Gasteiger partial charge < -0.3 is 15.1 Å². The van der Waals surface area contributed by atoms with Crippen molar-refractivity contribution < 1.29 is 4.42 Å². The molecule has 21 heavy (non-hydrogen) atoms. The fraction of sp³-hybridized carbons (Fsp3) is 0.235. The highest BCUT2D eigenvalue weighted by Crippen LogP contribution is 2.26. The van der Waals surface area contributed by atoms with Crippen LogP contribution in [0.15, 0.2) is 59.3 Å². The summed E-state index contributed by atoms with van der Waals surface area (Å²) in [4.78, 5) is 6.82. The zero-order valence-corrected chi connectivity index (χ0v) is 11.9. The van der Waals surface area contributed by atoms with Gasteiger partial charge in [-0.25, -0.2) is 4.98 Å². The number of hydrogen-bond donors (Lipinski definition) is 1. The lowest BCUT2D eigenvalue weighted by Gasteiger charge is -2.24. The fourth-order valence-corrected chi connectivity index (χ4v) is 2.48. The standard InChI is InChI=1S/C17H19N3O/c18-9-4-11-20(13-14-5-2-1-3-6-14)17-15-8-12-21-16(15)7-10-19-17/h1-3,5-8,10,12H,4,9,11,13,18H2. The zero-order chi connectivity index (χ0) is 14.5. The van der Waals surface area contributed by atoms with E-state index >= 15 is 0 Å². The van der Waals surface area contributed by atoms with E-state index in [9.17, 15) is 0 Å². The van der Waals surface area contributed by atoms with Crippen LogP contribution in [0, 0.1) is 0 Å². The van der Waals surface area contributed by atoms with Crippen molar-refractivity contribution in [3.05, 3.63) is 60.5 Å². The number of furan rings is 1. The quantitative estimate of drug-likeness (QED) is 0.754. The highest BCUT2D eigenvalue weighted by molar-refractivity contribution is 5.88. The SMILES string of the molecule is NCCCN(Cc1ccccc1)c1nccc2occc12. The minimum absolute atomic E-state index is 0.673. The fourth-order valence-electron chi connectivity index (χ4n) is 2.48. The Labute approximate surface area is 124 Å². The Kier molecular flexibility index (Phi) is 4.17. The van der Waals surface area contributed by atoms with Crippen LogP contribution in [0.5, 0.6) is 0 Å². The molecule has 0 aliphatic carbocycles. The van der Waals surface area contributed by atoms with Crippen LogP contribution >= 0.6 is 0 Å². The van der Waals surface area contributed by atoms with E-state index in [1.807, 2.05) is 18.2 Å². The molecule has 0 bridgehead atoms. The molecular formula is C17H19N3O. The summed E-state index contributed by atoms with van der Waals surface area (Å²) in [6, 6.07) is 14.3. The molecule has 3 rings (SSSR count). The van der Waals surface area contributed by atoms with E-state index < -0.39 is 0 Å². The Hall–Kier alpha value is -2.33. The topological polar surface area (TPSA) is 55.3 Å². The molecular weight excluding hydrogens is 262 g/mol. The Morgan fingerprint density at radius 2 is 1.95 bits per heavy atom. The summed E-state index contributed by atoms with van der Waals surface area (Å²) in [5.74, 6) is 0.957. The highest BCUT2D eigenvalue weighted by atomic mass is 16.3. The van der Waals surface area contributed by atoms with Gasteiger partial charge in [0.1, 0.15) is 11.4 Å². The average Bonchev–Trinajstić information content (AvgIpc) is 3.01. The second-order valence-corrected chi connectivity index (χ2v) is 5.02. The molecule has 3 aromatic rings. The largest absolute Gasteiger partial charge is 0.464 e. The lowest BCUT2D eigenvalue weighted by molar-refractivity contribution is 0.615. The molecule has 0 aliphatic rings. The number of benzene rings is 1. The molecule has 108 valence electrons. The Morgan fingerprint density at radius 1 is 1.10 bits per heavy atom. The number of nitrogens with two attached hydrogens (primary N) is 1. The molecule has 1 aromatic carbocycles. The molecule has 0 amide bonds. The van der Waals surface area contributed by atoms with Crippen molar-refractivity contribution in [3.63, 3.8) is 0 Å². The number of hydrogen-bond acceptors (Lipinski definition) is 4. The van der Waals surface area contributed by atoms with Crippen molar-refractivity contribution in [2.24, 2.45) is 5.73 Å². The molecule has 0 atom stereocenters. The average molecular weight is 281 g/mol. The molecule has 0 saturated carbocycles. The molecule has 0 saturated heterocycles. The van der Waals surface area contributed by atoms with E-state index in [4.69, 9.17) is 10.2 Å². The lowest BCUT2D eigenvalue weighted by atomic mass is 10.2. The van der Waals surface area contributed by atoms with Gasteiger partial charge >= 0.3 is 0 Å². The van der Waals surface area contributed by atoms with Crippen LogP contribution in [-0.2, 0) is 6.54 Å². The van der Waals surface area contributed by atoms with E-state index in [-0.39, 0.29) is 0 Å². The molecule has 0 spiro atoms. The van der Waals surface area contributed by atoms with Crippen molar-refractivity contribution in [2.75, 3.05) is 18.0 Å². The molecule has 2 N–H and O–H groups in total. The van der Waals surface area contributed by atoms with E-state index in [0.717, 1.165) is 36.3 Å². The van der Waals surface area contributed by atoms with Gasteiger partial charge in [-0.1, -0.05) is 30.3 Å². The van der Waals surface area contributed by atoms with E-state index in [2.05, 4.69) is 34.1 Å². The minimum Gasteiger partial charge on any atom is -0.464 e. The Balaban J connectivity index is 1.93. The van der Waals surface area contributed by atoms with Crippen molar-refractivity contribution in [3.8, 4) is 0 Å². The monoisotopic (exact) mass is 281 g/mol. The van der Waals surface area contributed by atoms with Crippen LogP contribution in [-0.4, -0.2) is 18.1 Å². The first-order valence-corrected chi connectivity index (χ1v) is 7.19. The summed E-state index contributed by atoms with van der Waals surface area (Å²) in [5, 5.41) is 1.05. The second-order valence-electron chi connectivity index (χ2n) is 5.02. The predicted octanol–water partition coefficient (Wildman–Crippen LogP) is 3.18. The molecule has 4 nitrogen and oxygen atoms in total. The van der Waals surface area contributed by atoms with Crippen LogP contribution in [0.3, 0.4) is 0 Å². The minimum atomic E-state index is 0.673. The molecule has 0 aliphatic heterocycles. The number of pyridine rings is 1. The van der Waals surface area contributed by atoms with E-state index in [1.165, 1.54) is 5.56 Å². The first-order valence-electron chi connectivity index (χ1n) is 7.19. The van der Waals surface area contributed by atoms with Gasteiger partial charge in [0.25, 0.3) is 0 Å². The van der Waals surface area contributed by atoms with Crippen molar-refractivity contribution in [2.45, 2.75) is 13.0 Å². The summed E-state index contributed by atoms with van der Waals surface area (Å²) in [6.07, 6.45) is 4.43. The second kappa shape index (κ2) is 6.41. The van der Waals surface area contributed by atoms with Gasteiger partial charge in [-0.2, -0.15) is 0 Å². The molecule has 4 heteroatoms. The van der Waals surface area contributed by atoms with Gasteiger partial charge in [-0.15, -0.1) is 0 Å². The predicted molar refractivity (Wildman–Crippen MR) is 85.2 cm³/mol. The van der Waals surface area contributed by atoms with Crippen molar-refractivity contribution in [1.82, 2.24) is 4.98 Å². The molecule has 0 radical (unpaired) electrons. The van der Waals surface area contributed by atoms with E-state index in [1.54, 1.807) is 12.5 Å². The normalized spacial score (nSPS) is 10.9. The van der Waals surface area contributed by atoms with Crippen molar-refractivity contribution in [1.29, 1.82) is 0 Å². The van der Waals surface area contributed by atoms with Gasteiger partial charge in [0.2, 0.25) is 0 Å². The third-order valence-electron chi connectivity index (χ3n) is 3.51. The number of nitrogens with zero attached hydrogens (tertiary/aromatic N) is 2. The first kappa shape index (κ1) is 13.6. The summed E-state index contributed by atoms with van der Waals surface area (Å²) in [7, 11) is 0. The summed E-state index contributed by atoms with van der Waals surface area (Å²) < 4.78 is 5.47. The molecule has 2 heterocycles. The number of aromatic nitrogens is 1. The smallest absolute Gasteiger partial charge is 0.139 e. The van der Waals surface area contributed by atoms with Gasteiger partial charge in [0, 0.05) is 19.3 Å². The van der Waals surface area contributed by atoms with Crippen LogP contribution in [0.1, 0.15) is 12.0 Å². The Morgan fingerprint density at radius 3 is 2.76 bits per heavy atom. The number of anilines is 1. The molecule has 0 fully saturated rings. The Bertz CT molecular complexity index is 693. The van der Waals surface area contributed by atoms with Gasteiger partial charge in [-0.3, -0.25) is 0 Å². The highest BCUT2D eigenvalue weighted by Gasteiger charge is 2.13. The van der Waals surface area contributed by atoms with E-state index in [0.29, 0.717) is 6.54 Å². The number of fused-ring (bicyclic) bond motifs is 1. The molecule has 2 aromatic heterocycles.